The lowest BCUT2D eigenvalue weighted by atomic mass is 8.97. The molecule has 0 heterocycles. The highest BCUT2D eigenvalue weighted by molar-refractivity contribution is 6.71. The molecule has 0 saturated heterocycles. The van der Waals surface area contributed by atoms with E-state index in [9.17, 15) is 0 Å². The molecular formula is C11H32B14. The van der Waals surface area contributed by atoms with Gasteiger partial charge in [0, 0.05) is 0 Å². The summed E-state index contributed by atoms with van der Waals surface area (Å²) in [6.07, 6.45) is 0. The Bertz CT molecular complexity index is 654. The van der Waals surface area contributed by atoms with Crippen molar-refractivity contribution in [3.8, 4) is 0 Å². The Labute approximate surface area is 169 Å². The van der Waals surface area contributed by atoms with Gasteiger partial charge in [0.15, 0.2) is 0 Å². The zero-order valence-corrected chi connectivity index (χ0v) is 20.1. The van der Waals surface area contributed by atoms with Crippen LogP contribution < -0.4 is 0 Å². The molecule has 4 unspecified atom stereocenters. The van der Waals surface area contributed by atoms with Crippen molar-refractivity contribution in [1.29, 1.82) is 0 Å². The molecule has 118 valence electrons. The zero-order valence-electron chi connectivity index (χ0n) is 20.1. The Balaban J connectivity index is 2.54. The largest absolute Gasteiger partial charge is 0.107 e. The second-order valence-corrected chi connectivity index (χ2v) is 13.6. The third kappa shape index (κ3) is 1.21. The predicted octanol–water partition coefficient (Wildman–Crippen LogP) is -10.5. The Hall–Kier alpha value is 0.909. The van der Waals surface area contributed by atoms with E-state index in [-0.39, 0.29) is 10.4 Å². The fourth-order valence-electron chi connectivity index (χ4n) is 11.3. The molecule has 25 heavy (non-hydrogen) atoms. The Morgan fingerprint density at radius 3 is 1.32 bits per heavy atom. The van der Waals surface area contributed by atoms with E-state index in [1.165, 1.54) is 0 Å². The van der Waals surface area contributed by atoms with Crippen molar-refractivity contribution >= 4 is 110 Å². The van der Waals surface area contributed by atoms with Crippen LogP contribution in [0.2, 0.25) is 42.4 Å². The highest BCUT2D eigenvalue weighted by Gasteiger charge is 3.06. The van der Waals surface area contributed by atoms with Gasteiger partial charge in [0.05, 0.1) is 94.2 Å². The highest BCUT2D eigenvalue weighted by atomic mass is 15.0. The smallest absolute Gasteiger partial charge is 0.0937 e. The van der Waals surface area contributed by atoms with Crippen molar-refractivity contribution in [3.63, 3.8) is 0 Å². The molecule has 3 fully saturated rings. The fraction of sp³-hybridized carbons (Fsp3) is 1.00. The molecule has 0 aromatic carbocycles. The molecule has 0 nitrogen and oxygen atoms in total. The molecule has 0 N–H and O–H groups in total. The fourth-order valence-corrected chi connectivity index (χ4v) is 11.3. The number of hydrogen-bond donors (Lipinski definition) is 0. The molecule has 0 aliphatic heterocycles. The van der Waals surface area contributed by atoms with Crippen molar-refractivity contribution < 1.29 is 0 Å². The van der Waals surface area contributed by atoms with Crippen molar-refractivity contribution in [3.05, 3.63) is 0 Å². The van der Waals surface area contributed by atoms with Gasteiger partial charge in [0.1, 0.15) is 15.7 Å². The molecule has 3 saturated carbocycles. The van der Waals surface area contributed by atoms with Crippen LogP contribution in [0.1, 0.15) is 6.92 Å². The first-order valence-corrected chi connectivity index (χ1v) is 10.7. The Kier molecular flexibility index (Phi) is 3.51. The van der Waals surface area contributed by atoms with Gasteiger partial charge in [-0.1, -0.05) is 54.8 Å². The minimum Gasteiger partial charge on any atom is -0.0937 e. The first-order chi connectivity index (χ1) is 10.7. The van der Waals surface area contributed by atoms with Crippen molar-refractivity contribution in [2.75, 3.05) is 0 Å². The topological polar surface area (TPSA) is 0 Å². The average molecular weight is 316 g/mol. The first kappa shape index (κ1) is 20.6. The van der Waals surface area contributed by atoms with E-state index in [4.69, 9.17) is 0 Å². The van der Waals surface area contributed by atoms with Crippen molar-refractivity contribution in [1.82, 2.24) is 0 Å². The molecule has 0 radical (unpaired) electrons. The van der Waals surface area contributed by atoms with E-state index in [0.29, 0.717) is 42.8 Å². The number of hydrogen-bond acceptors (Lipinski definition) is 0. The normalized spacial score (nSPS) is 47.6. The maximum atomic E-state index is 2.66. The molecule has 4 atom stereocenters. The van der Waals surface area contributed by atoms with Gasteiger partial charge in [-0.05, 0) is 5.41 Å². The summed E-state index contributed by atoms with van der Waals surface area (Å²) in [4.78, 5) is 0. The quantitative estimate of drug-likeness (QED) is 0.444. The monoisotopic (exact) mass is 318 g/mol. The Morgan fingerprint density at radius 2 is 0.960 bits per heavy atom. The lowest BCUT2D eigenvalue weighted by molar-refractivity contribution is -0.0547. The summed E-state index contributed by atoms with van der Waals surface area (Å²) in [5.41, 5.74) is 0.712. The van der Waals surface area contributed by atoms with E-state index in [0.717, 1.165) is 0 Å². The van der Waals surface area contributed by atoms with Crippen molar-refractivity contribution in [2.45, 2.75) is 49.3 Å². The van der Waals surface area contributed by atoms with Crippen LogP contribution in [0, 0.1) is 10.8 Å². The van der Waals surface area contributed by atoms with Crippen molar-refractivity contribution in [2.24, 2.45) is 10.8 Å². The summed E-state index contributed by atoms with van der Waals surface area (Å²) >= 11 is 0. The molecule has 0 amide bonds. The second kappa shape index (κ2) is 4.25. The van der Waals surface area contributed by atoms with E-state index in [1.807, 2.05) is 0 Å². The first-order valence-electron chi connectivity index (χ1n) is 10.7. The van der Waals surface area contributed by atoms with Crippen LogP contribution in [-0.2, 0) is 0 Å². The van der Waals surface area contributed by atoms with Gasteiger partial charge in [-0.25, -0.2) is 0 Å². The molecule has 3 rings (SSSR count). The predicted molar refractivity (Wildman–Crippen MR) is 153 cm³/mol. The summed E-state index contributed by atoms with van der Waals surface area (Å²) in [5.74, 6) is 0.675. The summed E-state index contributed by atoms with van der Waals surface area (Å²) in [6.45, 7) is 2.47. The minimum absolute atomic E-state index is 0.289. The lowest BCUT2D eigenvalue weighted by Crippen LogP contribution is -2.76. The molecule has 0 bridgehead atoms. The van der Waals surface area contributed by atoms with Gasteiger partial charge in [-0.3, -0.25) is 0 Å². The van der Waals surface area contributed by atoms with Crippen LogP contribution in [0.15, 0.2) is 0 Å². The van der Waals surface area contributed by atoms with E-state index >= 15 is 0 Å². The highest BCUT2D eigenvalue weighted by Crippen LogP contribution is 3.20. The van der Waals surface area contributed by atoms with Crippen LogP contribution in [-0.4, -0.2) is 110 Å². The molecular weight excluding hydrogens is 283 g/mol. The molecule has 0 aromatic rings. The van der Waals surface area contributed by atoms with Crippen LogP contribution >= 0.6 is 0 Å². The van der Waals surface area contributed by atoms with Crippen LogP contribution in [0.25, 0.3) is 0 Å². The summed E-state index contributed by atoms with van der Waals surface area (Å²) in [7, 11) is 36.4. The standard InChI is InChI=1S/C11H32B14/c1-2(12)3(13,14)4-5(10(22,23)8(4,18)19)6(15,7(5,16)17)11(24,25)9(4,20)21/h2H,12-25H2,1H3. The van der Waals surface area contributed by atoms with Gasteiger partial charge in [-0.2, -0.15) is 0 Å². The van der Waals surface area contributed by atoms with Gasteiger partial charge in [-0.15, -0.1) is 0 Å². The summed E-state index contributed by atoms with van der Waals surface area (Å²) in [5, 5.41) is 2.29. The van der Waals surface area contributed by atoms with Gasteiger partial charge >= 0.3 is 0 Å². The summed E-state index contributed by atoms with van der Waals surface area (Å²) in [6, 6.07) is 0. The maximum absolute atomic E-state index is 2.66. The number of rotatable bonds is 2. The lowest BCUT2D eigenvalue weighted by Gasteiger charge is -2.86. The third-order valence-electron chi connectivity index (χ3n) is 13.0. The van der Waals surface area contributed by atoms with Crippen LogP contribution in [0.4, 0.5) is 0 Å². The third-order valence-corrected chi connectivity index (χ3v) is 13.0. The van der Waals surface area contributed by atoms with Gasteiger partial charge in [0.2, 0.25) is 0 Å². The van der Waals surface area contributed by atoms with Crippen LogP contribution in [0.5, 0.6) is 0 Å². The molecule has 3 aliphatic carbocycles. The van der Waals surface area contributed by atoms with Gasteiger partial charge in [0.25, 0.3) is 0 Å². The zero-order chi connectivity index (χ0) is 20.1. The molecule has 14 heteroatoms. The SMILES string of the molecule is BC(C)C(B)(B)C12C(B)(B)C(B)(B)C3(B)C(B)(B)C31C(B)(B)C2(B)B. The van der Waals surface area contributed by atoms with E-state index in [1.54, 1.807) is 0 Å². The van der Waals surface area contributed by atoms with Gasteiger partial charge < -0.3 is 0 Å². The molecule has 3 aliphatic rings. The van der Waals surface area contributed by atoms with E-state index < -0.39 is 0 Å². The van der Waals surface area contributed by atoms with E-state index in [2.05, 4.69) is 117 Å². The van der Waals surface area contributed by atoms with Crippen LogP contribution in [0.3, 0.4) is 0 Å². The second-order valence-electron chi connectivity index (χ2n) is 13.6. The summed E-state index contributed by atoms with van der Waals surface area (Å²) < 4.78 is 0. The Morgan fingerprint density at radius 1 is 0.600 bits per heavy atom. The minimum atomic E-state index is 0.289. The molecule has 1 spiro atoms. The maximum Gasteiger partial charge on any atom is 0.107 e. The average Bonchev–Trinajstić information content (AvgIpc) is 2.77. The molecule has 0 aromatic heterocycles.